The third-order valence-corrected chi connectivity index (χ3v) is 12.7. The highest BCUT2D eigenvalue weighted by molar-refractivity contribution is 6.03. The number of aromatic nitrogens is 3. The molecule has 12 rings (SSSR count). The Morgan fingerprint density at radius 2 is 0.841 bits per heavy atom. The average molecular weight is 802 g/mol. The summed E-state index contributed by atoms with van der Waals surface area (Å²) in [7, 11) is 0. The van der Waals surface area contributed by atoms with Crippen molar-refractivity contribution in [3.8, 4) is 67.4 Å². The highest BCUT2D eigenvalue weighted by Gasteiger charge is 2.46. The van der Waals surface area contributed by atoms with Gasteiger partial charge in [-0.2, -0.15) is 0 Å². The molecule has 9 aromatic carbocycles. The molecule has 3 nitrogen and oxygen atoms in total. The molecule has 0 aliphatic heterocycles. The van der Waals surface area contributed by atoms with E-state index in [9.17, 15) is 0 Å². The van der Waals surface area contributed by atoms with Gasteiger partial charge in [0.25, 0.3) is 0 Å². The Balaban J connectivity index is 1.09. The Kier molecular flexibility index (Phi) is 8.72. The lowest BCUT2D eigenvalue weighted by Crippen LogP contribution is -2.28. The van der Waals surface area contributed by atoms with Gasteiger partial charge in [0.15, 0.2) is 5.82 Å². The van der Waals surface area contributed by atoms with Crippen molar-refractivity contribution in [2.75, 3.05) is 0 Å². The van der Waals surface area contributed by atoms with Gasteiger partial charge in [-0.25, -0.2) is 15.0 Å². The fourth-order valence-corrected chi connectivity index (χ4v) is 9.81. The number of hydrogen-bond acceptors (Lipinski definition) is 3. The molecule has 0 bridgehead atoms. The summed E-state index contributed by atoms with van der Waals surface area (Å²) in [6, 6.07) is 84.6. The number of pyridine rings is 1. The summed E-state index contributed by atoms with van der Waals surface area (Å²) >= 11 is 0. The van der Waals surface area contributed by atoms with Crippen LogP contribution in [-0.4, -0.2) is 15.0 Å². The van der Waals surface area contributed by atoms with Crippen LogP contribution in [0.4, 0.5) is 0 Å². The highest BCUT2D eigenvalue weighted by Crippen LogP contribution is 2.57. The van der Waals surface area contributed by atoms with Crippen molar-refractivity contribution in [2.45, 2.75) is 5.41 Å². The average Bonchev–Trinajstić information content (AvgIpc) is 3.66. The first-order chi connectivity index (χ1) is 31.2. The fourth-order valence-electron chi connectivity index (χ4n) is 9.81. The molecule has 0 radical (unpaired) electrons. The first kappa shape index (κ1) is 36.6. The van der Waals surface area contributed by atoms with Crippen LogP contribution in [0.2, 0.25) is 0 Å². The molecule has 0 spiro atoms. The summed E-state index contributed by atoms with van der Waals surface area (Å²) in [6.07, 6.45) is 0. The van der Waals surface area contributed by atoms with Crippen LogP contribution in [0.5, 0.6) is 0 Å². The Hall–Kier alpha value is -8.27. The van der Waals surface area contributed by atoms with Crippen LogP contribution in [0, 0.1) is 0 Å². The molecule has 0 saturated heterocycles. The molecule has 0 saturated carbocycles. The second-order valence-electron chi connectivity index (χ2n) is 16.3. The zero-order valence-corrected chi connectivity index (χ0v) is 34.4. The number of fused-ring (bicyclic) bond motifs is 5. The van der Waals surface area contributed by atoms with Crippen LogP contribution in [0.25, 0.3) is 89.1 Å². The normalized spacial score (nSPS) is 12.6. The summed E-state index contributed by atoms with van der Waals surface area (Å²) < 4.78 is 0. The minimum absolute atomic E-state index is 0.531. The van der Waals surface area contributed by atoms with E-state index < -0.39 is 5.41 Å². The van der Waals surface area contributed by atoms with Crippen LogP contribution in [0.3, 0.4) is 0 Å². The topological polar surface area (TPSA) is 38.7 Å². The quantitative estimate of drug-likeness (QED) is 0.161. The number of nitrogens with zero attached hydrogens (tertiary/aromatic N) is 3. The Morgan fingerprint density at radius 1 is 0.286 bits per heavy atom. The second-order valence-corrected chi connectivity index (χ2v) is 16.3. The maximum absolute atomic E-state index is 5.49. The maximum Gasteiger partial charge on any atom is 0.160 e. The molecule has 0 fully saturated rings. The van der Waals surface area contributed by atoms with Crippen LogP contribution in [0.1, 0.15) is 22.3 Å². The third kappa shape index (κ3) is 6.16. The van der Waals surface area contributed by atoms with Crippen LogP contribution in [-0.2, 0) is 5.41 Å². The second kappa shape index (κ2) is 15.0. The van der Waals surface area contributed by atoms with Crippen molar-refractivity contribution in [2.24, 2.45) is 0 Å². The fraction of sp³-hybridized carbons (Fsp3) is 0.0167. The molecule has 1 aliphatic carbocycles. The van der Waals surface area contributed by atoms with Crippen molar-refractivity contribution in [1.29, 1.82) is 0 Å². The minimum atomic E-state index is -0.531. The Morgan fingerprint density at radius 3 is 1.54 bits per heavy atom. The summed E-state index contributed by atoms with van der Waals surface area (Å²) in [5.41, 5.74) is 16.8. The van der Waals surface area contributed by atoms with E-state index in [4.69, 9.17) is 15.0 Å². The van der Waals surface area contributed by atoms with Crippen LogP contribution < -0.4 is 0 Å². The minimum Gasteiger partial charge on any atom is -0.248 e. The van der Waals surface area contributed by atoms with Crippen LogP contribution >= 0.6 is 0 Å². The first-order valence-electron chi connectivity index (χ1n) is 21.5. The number of benzene rings is 9. The molecular formula is C60H39N3. The predicted octanol–water partition coefficient (Wildman–Crippen LogP) is 14.9. The zero-order chi connectivity index (χ0) is 41.7. The van der Waals surface area contributed by atoms with Gasteiger partial charge in [0.05, 0.1) is 28.0 Å². The number of hydrogen-bond donors (Lipinski definition) is 0. The molecule has 2 heterocycles. The molecule has 0 unspecified atom stereocenters. The van der Waals surface area contributed by atoms with E-state index in [1.165, 1.54) is 44.2 Å². The molecule has 1 aliphatic rings. The van der Waals surface area contributed by atoms with Gasteiger partial charge in [-0.1, -0.05) is 200 Å². The van der Waals surface area contributed by atoms with Crippen molar-refractivity contribution in [1.82, 2.24) is 15.0 Å². The Bertz CT molecular complexity index is 3450. The number of rotatable bonds is 7. The first-order valence-corrected chi connectivity index (χ1v) is 21.5. The van der Waals surface area contributed by atoms with E-state index >= 15 is 0 Å². The van der Waals surface area contributed by atoms with Gasteiger partial charge >= 0.3 is 0 Å². The lowest BCUT2D eigenvalue weighted by atomic mass is 9.67. The standard InChI is InChI=1S/C60H39N3/c1-5-19-41(20-6-1)55-37-50(52-36-51-49-30-15-16-31-53(49)60(47-26-9-3-10-27-47,48-28-11-4-12-29-48)54(51)38-58(52)61-55)44-24-17-25-46(35-44)59-62-56(42-21-7-2-8-22-42)39-57(63-59)45-33-32-40-18-13-14-23-43(40)34-45/h1-39H. The van der Waals surface area contributed by atoms with Crippen molar-refractivity contribution >= 4 is 21.7 Å². The van der Waals surface area contributed by atoms with Gasteiger partial charge < -0.3 is 0 Å². The van der Waals surface area contributed by atoms with E-state index in [0.717, 1.165) is 61.4 Å². The molecule has 2 aromatic heterocycles. The largest absolute Gasteiger partial charge is 0.248 e. The monoisotopic (exact) mass is 801 g/mol. The molecule has 63 heavy (non-hydrogen) atoms. The van der Waals surface area contributed by atoms with E-state index in [-0.39, 0.29) is 0 Å². The van der Waals surface area contributed by atoms with E-state index in [0.29, 0.717) is 5.82 Å². The van der Waals surface area contributed by atoms with Crippen LogP contribution in [0.15, 0.2) is 237 Å². The van der Waals surface area contributed by atoms with Gasteiger partial charge in [-0.05, 0) is 91.7 Å². The summed E-state index contributed by atoms with van der Waals surface area (Å²) in [5.74, 6) is 0.674. The molecule has 0 amide bonds. The highest BCUT2D eigenvalue weighted by atomic mass is 14.9. The SMILES string of the molecule is c1ccc(-c2cc(-c3ccc4ccccc4c3)nc(-c3cccc(-c4cc(-c5ccccc5)nc5cc6c(cc45)-c4ccccc4C6(c4ccccc4)c4ccccc4)c3)n2)cc1. The lowest BCUT2D eigenvalue weighted by molar-refractivity contribution is 0.769. The van der Waals surface area contributed by atoms with Gasteiger partial charge in [0.2, 0.25) is 0 Å². The van der Waals surface area contributed by atoms with E-state index in [2.05, 4.69) is 231 Å². The van der Waals surface area contributed by atoms with Crippen molar-refractivity contribution in [3.63, 3.8) is 0 Å². The van der Waals surface area contributed by atoms with Crippen molar-refractivity contribution < 1.29 is 0 Å². The maximum atomic E-state index is 5.49. The molecular weight excluding hydrogens is 763 g/mol. The van der Waals surface area contributed by atoms with Gasteiger partial charge in [-0.15, -0.1) is 0 Å². The molecule has 0 atom stereocenters. The zero-order valence-electron chi connectivity index (χ0n) is 34.4. The summed E-state index contributed by atoms with van der Waals surface area (Å²) in [6.45, 7) is 0. The Labute approximate surface area is 366 Å². The lowest BCUT2D eigenvalue weighted by Gasteiger charge is -2.34. The molecule has 294 valence electrons. The van der Waals surface area contributed by atoms with Gasteiger partial charge in [0.1, 0.15) is 0 Å². The smallest absolute Gasteiger partial charge is 0.160 e. The third-order valence-electron chi connectivity index (χ3n) is 12.7. The molecule has 11 aromatic rings. The van der Waals surface area contributed by atoms with Gasteiger partial charge in [0, 0.05) is 27.6 Å². The van der Waals surface area contributed by atoms with Gasteiger partial charge in [-0.3, -0.25) is 0 Å². The van der Waals surface area contributed by atoms with Crippen molar-refractivity contribution in [3.05, 3.63) is 259 Å². The summed E-state index contributed by atoms with van der Waals surface area (Å²) in [4.78, 5) is 16.0. The van der Waals surface area contributed by atoms with E-state index in [1.807, 2.05) is 6.07 Å². The summed E-state index contributed by atoms with van der Waals surface area (Å²) in [5, 5.41) is 3.47. The van der Waals surface area contributed by atoms with E-state index in [1.54, 1.807) is 0 Å². The predicted molar refractivity (Wildman–Crippen MR) is 259 cm³/mol. The molecule has 0 N–H and O–H groups in total. The molecule has 3 heteroatoms.